The fraction of sp³-hybridized carbons (Fsp3) is 0.0455. The van der Waals surface area contributed by atoms with Gasteiger partial charge in [-0.2, -0.15) is 0 Å². The molecule has 122 valence electrons. The van der Waals surface area contributed by atoms with Crippen LogP contribution in [0.15, 0.2) is 78.9 Å². The van der Waals surface area contributed by atoms with E-state index in [2.05, 4.69) is 11.8 Å². The van der Waals surface area contributed by atoms with E-state index >= 15 is 0 Å². The summed E-state index contributed by atoms with van der Waals surface area (Å²) in [5.74, 6) is 6.67. The molecule has 0 bridgehead atoms. The maximum Gasteiger partial charge on any atom is 0.343 e. The van der Waals surface area contributed by atoms with Gasteiger partial charge in [-0.3, -0.25) is 0 Å². The third-order valence-electron chi connectivity index (χ3n) is 3.53. The Morgan fingerprint density at radius 1 is 0.800 bits per heavy atom. The van der Waals surface area contributed by atoms with Crippen LogP contribution >= 0.6 is 11.6 Å². The Balaban J connectivity index is 1.66. The topological polar surface area (TPSA) is 26.3 Å². The molecule has 0 fully saturated rings. The number of carbonyl (C=O) groups is 1. The summed E-state index contributed by atoms with van der Waals surface area (Å²) in [4.78, 5) is 12.1. The van der Waals surface area contributed by atoms with Crippen molar-refractivity contribution in [1.29, 1.82) is 0 Å². The van der Waals surface area contributed by atoms with Gasteiger partial charge in [-0.05, 0) is 54.1 Å². The van der Waals surface area contributed by atoms with Gasteiger partial charge >= 0.3 is 5.97 Å². The van der Waals surface area contributed by atoms with Crippen LogP contribution in [-0.4, -0.2) is 5.97 Å². The lowest BCUT2D eigenvalue weighted by atomic mass is 10.1. The lowest BCUT2D eigenvalue weighted by molar-refractivity contribution is 0.0735. The van der Waals surface area contributed by atoms with Crippen LogP contribution in [0.3, 0.4) is 0 Å². The maximum atomic E-state index is 12.1. The van der Waals surface area contributed by atoms with Crippen LogP contribution in [-0.2, 0) is 5.88 Å². The minimum Gasteiger partial charge on any atom is -0.423 e. The summed E-state index contributed by atoms with van der Waals surface area (Å²) in [7, 11) is 0. The van der Waals surface area contributed by atoms with Crippen molar-refractivity contribution in [3.8, 4) is 17.6 Å². The number of carbonyl (C=O) groups excluding carboxylic acids is 1. The zero-order chi connectivity index (χ0) is 17.5. The van der Waals surface area contributed by atoms with E-state index in [1.165, 1.54) is 0 Å². The SMILES string of the molecule is O=C(Oc1ccc(C#Cc2ccccc2)cc1)c1ccc(CCl)cc1. The van der Waals surface area contributed by atoms with Gasteiger partial charge in [0.15, 0.2) is 0 Å². The molecule has 3 aromatic carbocycles. The van der Waals surface area contributed by atoms with E-state index in [1.54, 1.807) is 24.3 Å². The molecule has 3 heteroatoms. The summed E-state index contributed by atoms with van der Waals surface area (Å²) in [5.41, 5.74) is 3.26. The van der Waals surface area contributed by atoms with Crippen molar-refractivity contribution in [2.75, 3.05) is 0 Å². The molecule has 0 unspecified atom stereocenters. The second kappa shape index (κ2) is 8.19. The van der Waals surface area contributed by atoms with E-state index in [9.17, 15) is 4.79 Å². The summed E-state index contributed by atoms with van der Waals surface area (Å²) < 4.78 is 5.37. The number of hydrogen-bond donors (Lipinski definition) is 0. The minimum absolute atomic E-state index is 0.399. The standard InChI is InChI=1S/C22H15ClO2/c23-16-19-8-12-20(13-9-19)22(24)25-21-14-10-18(11-15-21)7-6-17-4-2-1-3-5-17/h1-5,8-15H,16H2. The molecule has 0 aromatic heterocycles. The average molecular weight is 347 g/mol. The number of rotatable bonds is 3. The van der Waals surface area contributed by atoms with Gasteiger partial charge in [0, 0.05) is 17.0 Å². The van der Waals surface area contributed by atoms with Crippen LogP contribution in [0.4, 0.5) is 0 Å². The molecule has 25 heavy (non-hydrogen) atoms. The molecule has 0 radical (unpaired) electrons. The van der Waals surface area contributed by atoms with Gasteiger partial charge in [-0.25, -0.2) is 4.79 Å². The molecule has 0 heterocycles. The van der Waals surface area contributed by atoms with Crippen molar-refractivity contribution in [3.05, 3.63) is 101 Å². The zero-order valence-corrected chi connectivity index (χ0v) is 14.2. The predicted octanol–water partition coefficient (Wildman–Crippen LogP) is 5.04. The molecular formula is C22H15ClO2. The molecule has 0 atom stereocenters. The first-order valence-electron chi connectivity index (χ1n) is 7.79. The Morgan fingerprint density at radius 3 is 2.00 bits per heavy atom. The van der Waals surface area contributed by atoms with Crippen LogP contribution in [0.5, 0.6) is 5.75 Å². The van der Waals surface area contributed by atoms with Gasteiger partial charge in [-0.15, -0.1) is 11.6 Å². The Labute approximate surface area is 152 Å². The van der Waals surface area contributed by atoms with Crippen molar-refractivity contribution in [1.82, 2.24) is 0 Å². The summed E-state index contributed by atoms with van der Waals surface area (Å²) >= 11 is 5.74. The van der Waals surface area contributed by atoms with E-state index in [-0.39, 0.29) is 0 Å². The minimum atomic E-state index is -0.399. The maximum absolute atomic E-state index is 12.1. The lowest BCUT2D eigenvalue weighted by Gasteiger charge is -2.05. The van der Waals surface area contributed by atoms with Gasteiger partial charge in [0.2, 0.25) is 0 Å². The monoisotopic (exact) mass is 346 g/mol. The van der Waals surface area contributed by atoms with Crippen molar-refractivity contribution < 1.29 is 9.53 Å². The Kier molecular flexibility index (Phi) is 5.51. The Bertz CT molecular complexity index is 902. The predicted molar refractivity (Wildman–Crippen MR) is 99.8 cm³/mol. The highest BCUT2D eigenvalue weighted by Gasteiger charge is 2.08. The second-order valence-corrected chi connectivity index (χ2v) is 5.63. The van der Waals surface area contributed by atoms with Gasteiger partial charge < -0.3 is 4.74 Å². The first kappa shape index (κ1) is 16.8. The summed E-state index contributed by atoms with van der Waals surface area (Å²) in [5, 5.41) is 0. The number of esters is 1. The molecule has 0 saturated carbocycles. The van der Waals surface area contributed by atoms with Gasteiger partial charge in [0.25, 0.3) is 0 Å². The molecule has 3 rings (SSSR count). The van der Waals surface area contributed by atoms with Crippen molar-refractivity contribution in [2.24, 2.45) is 0 Å². The lowest BCUT2D eigenvalue weighted by Crippen LogP contribution is -2.08. The number of ether oxygens (including phenoxy) is 1. The third kappa shape index (κ3) is 4.73. The molecule has 0 amide bonds. The molecule has 0 aliphatic carbocycles. The number of hydrogen-bond acceptors (Lipinski definition) is 2. The highest BCUT2D eigenvalue weighted by molar-refractivity contribution is 6.17. The molecule has 0 saturated heterocycles. The Morgan fingerprint density at radius 2 is 1.40 bits per heavy atom. The second-order valence-electron chi connectivity index (χ2n) is 5.36. The average Bonchev–Trinajstić information content (AvgIpc) is 2.68. The smallest absolute Gasteiger partial charge is 0.343 e. The molecule has 0 spiro atoms. The largest absolute Gasteiger partial charge is 0.423 e. The van der Waals surface area contributed by atoms with E-state index < -0.39 is 5.97 Å². The fourth-order valence-corrected chi connectivity index (χ4v) is 2.35. The highest BCUT2D eigenvalue weighted by Crippen LogP contribution is 2.15. The van der Waals surface area contributed by atoms with Gasteiger partial charge in [-0.1, -0.05) is 42.2 Å². The number of halogens is 1. The van der Waals surface area contributed by atoms with E-state index in [4.69, 9.17) is 16.3 Å². The highest BCUT2D eigenvalue weighted by atomic mass is 35.5. The summed E-state index contributed by atoms with van der Waals surface area (Å²) in [6.07, 6.45) is 0. The van der Waals surface area contributed by atoms with E-state index in [1.807, 2.05) is 54.6 Å². The molecule has 0 aliphatic heterocycles. The van der Waals surface area contributed by atoms with Gasteiger partial charge in [0.1, 0.15) is 5.75 Å². The quantitative estimate of drug-likeness (QED) is 0.287. The van der Waals surface area contributed by atoms with E-state index in [0.29, 0.717) is 17.2 Å². The molecule has 0 aliphatic rings. The van der Waals surface area contributed by atoms with Crippen LogP contribution in [0.2, 0.25) is 0 Å². The normalized spacial score (nSPS) is 9.80. The van der Waals surface area contributed by atoms with Crippen LogP contribution in [0, 0.1) is 11.8 Å². The van der Waals surface area contributed by atoms with Crippen molar-refractivity contribution in [3.63, 3.8) is 0 Å². The van der Waals surface area contributed by atoms with Crippen LogP contribution < -0.4 is 4.74 Å². The van der Waals surface area contributed by atoms with E-state index in [0.717, 1.165) is 16.7 Å². The first-order chi connectivity index (χ1) is 12.2. The first-order valence-corrected chi connectivity index (χ1v) is 8.32. The molecule has 0 N–H and O–H groups in total. The van der Waals surface area contributed by atoms with Crippen molar-refractivity contribution in [2.45, 2.75) is 5.88 Å². The fourth-order valence-electron chi connectivity index (χ4n) is 2.17. The van der Waals surface area contributed by atoms with Crippen molar-refractivity contribution >= 4 is 17.6 Å². The number of alkyl halides is 1. The Hall–Kier alpha value is -3.02. The molecule has 2 nitrogen and oxygen atoms in total. The summed E-state index contributed by atoms with van der Waals surface area (Å²) in [6.45, 7) is 0. The van der Waals surface area contributed by atoms with Gasteiger partial charge in [0.05, 0.1) is 5.56 Å². The number of benzene rings is 3. The molecule has 3 aromatic rings. The van der Waals surface area contributed by atoms with Crippen LogP contribution in [0.25, 0.3) is 0 Å². The molecular weight excluding hydrogens is 332 g/mol. The van der Waals surface area contributed by atoms with Crippen LogP contribution in [0.1, 0.15) is 27.0 Å². The summed E-state index contributed by atoms with van der Waals surface area (Å²) in [6, 6.07) is 23.9. The third-order valence-corrected chi connectivity index (χ3v) is 3.84. The zero-order valence-electron chi connectivity index (χ0n) is 13.4.